The van der Waals surface area contributed by atoms with E-state index in [1.807, 2.05) is 20.8 Å². The summed E-state index contributed by atoms with van der Waals surface area (Å²) in [5.74, 6) is 1.80. The maximum atomic E-state index is 13.0. The summed E-state index contributed by atoms with van der Waals surface area (Å²) in [7, 11) is 0. The molecule has 0 radical (unpaired) electrons. The predicted molar refractivity (Wildman–Crippen MR) is 120 cm³/mol. The molecule has 2 aliphatic carbocycles. The maximum Gasteiger partial charge on any atom is 0.436 e. The van der Waals surface area contributed by atoms with Crippen LogP contribution in [0.3, 0.4) is 0 Å². The molecule has 0 bridgehead atoms. The molecule has 36 heavy (non-hydrogen) atoms. The molecule has 0 unspecified atom stereocenters. The minimum Gasteiger partial charge on any atom is -0.359 e. The molecule has 9 nitrogen and oxygen atoms in total. The Morgan fingerprint density at radius 2 is 1.72 bits per heavy atom. The fourth-order valence-corrected chi connectivity index (χ4v) is 6.62. The van der Waals surface area contributed by atoms with E-state index in [9.17, 15) is 18.0 Å². The van der Waals surface area contributed by atoms with E-state index in [4.69, 9.17) is 4.52 Å². The van der Waals surface area contributed by atoms with Gasteiger partial charge in [0.15, 0.2) is 17.3 Å². The molecule has 2 aromatic rings. The number of rotatable bonds is 4. The topological polar surface area (TPSA) is 83.5 Å². The number of hydrogen-bond donors (Lipinski definition) is 0. The Labute approximate surface area is 206 Å². The summed E-state index contributed by atoms with van der Waals surface area (Å²) in [6, 6.07) is 1.54. The van der Waals surface area contributed by atoms with Gasteiger partial charge in [0.1, 0.15) is 6.33 Å². The van der Waals surface area contributed by atoms with E-state index in [1.54, 1.807) is 0 Å². The minimum atomic E-state index is -4.48. The second-order valence-electron chi connectivity index (χ2n) is 11.9. The highest BCUT2D eigenvalue weighted by Crippen LogP contribution is 2.54. The molecule has 3 aliphatic heterocycles. The van der Waals surface area contributed by atoms with Crippen LogP contribution in [-0.2, 0) is 12.7 Å². The van der Waals surface area contributed by atoms with Crippen LogP contribution < -0.4 is 0 Å². The minimum absolute atomic E-state index is 0.140. The molecule has 2 aromatic heterocycles. The lowest BCUT2D eigenvalue weighted by molar-refractivity contribution is -0.142. The number of alkyl halides is 3. The third-order valence-electron chi connectivity index (χ3n) is 8.97. The Morgan fingerprint density at radius 3 is 2.33 bits per heavy atom. The number of carbonyl (C=O) groups excluding carboxylic acids is 1. The van der Waals surface area contributed by atoms with Gasteiger partial charge >= 0.3 is 12.2 Å². The lowest BCUT2D eigenvalue weighted by Gasteiger charge is -2.61. The fourth-order valence-electron chi connectivity index (χ4n) is 6.62. The summed E-state index contributed by atoms with van der Waals surface area (Å²) < 4.78 is 45.1. The van der Waals surface area contributed by atoms with Crippen molar-refractivity contribution in [1.82, 2.24) is 34.6 Å². The summed E-state index contributed by atoms with van der Waals surface area (Å²) >= 11 is 0. The van der Waals surface area contributed by atoms with Gasteiger partial charge in [-0.05, 0) is 51.6 Å². The van der Waals surface area contributed by atoms with Crippen molar-refractivity contribution in [2.75, 3.05) is 39.3 Å². The van der Waals surface area contributed by atoms with Gasteiger partial charge < -0.3 is 14.3 Å². The number of carbonyl (C=O) groups is 1. The van der Waals surface area contributed by atoms with Crippen LogP contribution in [0.15, 0.2) is 16.9 Å². The SMILES string of the molecule is O=C(N1CC2(CCN(Cc3cc(C(F)(F)F)no3)CC2)C1)N1CC2(CC(n3cnc(C4CC4)n3)C2)C1. The quantitative estimate of drug-likeness (QED) is 0.633. The van der Waals surface area contributed by atoms with Crippen molar-refractivity contribution in [3.63, 3.8) is 0 Å². The van der Waals surface area contributed by atoms with Gasteiger partial charge in [-0.15, -0.1) is 0 Å². The first-order chi connectivity index (χ1) is 17.2. The molecule has 3 saturated heterocycles. The molecule has 2 spiro atoms. The molecule has 12 heteroatoms. The average molecular weight is 506 g/mol. The zero-order valence-corrected chi connectivity index (χ0v) is 20.1. The monoisotopic (exact) mass is 505 g/mol. The van der Waals surface area contributed by atoms with Crippen molar-refractivity contribution in [3.8, 4) is 0 Å². The van der Waals surface area contributed by atoms with Gasteiger partial charge in [-0.25, -0.2) is 14.5 Å². The van der Waals surface area contributed by atoms with Gasteiger partial charge in [0.05, 0.1) is 12.6 Å². The van der Waals surface area contributed by atoms with Crippen LogP contribution in [0.2, 0.25) is 0 Å². The van der Waals surface area contributed by atoms with Crippen LogP contribution >= 0.6 is 0 Å². The predicted octanol–water partition coefficient (Wildman–Crippen LogP) is 3.52. The third-order valence-corrected chi connectivity index (χ3v) is 8.97. The number of hydrogen-bond acceptors (Lipinski definition) is 6. The van der Waals surface area contributed by atoms with Crippen LogP contribution in [0.5, 0.6) is 0 Å². The molecule has 0 aromatic carbocycles. The third kappa shape index (κ3) is 3.88. The maximum absolute atomic E-state index is 13.0. The normalized spacial score (nSPS) is 25.6. The summed E-state index contributed by atoms with van der Waals surface area (Å²) in [5.41, 5.74) is -0.584. The summed E-state index contributed by atoms with van der Waals surface area (Å²) in [5, 5.41) is 7.81. The van der Waals surface area contributed by atoms with E-state index in [2.05, 4.69) is 20.1 Å². The second-order valence-corrected chi connectivity index (χ2v) is 11.9. The van der Waals surface area contributed by atoms with Gasteiger partial charge in [0.2, 0.25) is 0 Å². The molecule has 0 atom stereocenters. The van der Waals surface area contributed by atoms with E-state index in [1.165, 1.54) is 12.8 Å². The molecule has 5 aliphatic rings. The van der Waals surface area contributed by atoms with Crippen LogP contribution in [0.25, 0.3) is 0 Å². The van der Waals surface area contributed by atoms with Gasteiger partial charge in [-0.3, -0.25) is 4.90 Å². The van der Waals surface area contributed by atoms with Gasteiger partial charge in [-0.2, -0.15) is 18.3 Å². The second kappa shape index (κ2) is 7.69. The first-order valence-electron chi connectivity index (χ1n) is 12.9. The van der Waals surface area contributed by atoms with Crippen LogP contribution in [0.4, 0.5) is 18.0 Å². The molecular weight excluding hydrogens is 475 g/mol. The van der Waals surface area contributed by atoms with Crippen LogP contribution in [0.1, 0.15) is 67.8 Å². The zero-order chi connectivity index (χ0) is 24.7. The number of urea groups is 1. The van der Waals surface area contributed by atoms with Gasteiger partial charge in [0.25, 0.3) is 0 Å². The molecule has 5 fully saturated rings. The molecular formula is C24H30F3N7O2. The Bertz CT molecular complexity index is 1140. The van der Waals surface area contributed by atoms with Crippen molar-refractivity contribution in [3.05, 3.63) is 29.7 Å². The van der Waals surface area contributed by atoms with Crippen molar-refractivity contribution >= 4 is 6.03 Å². The fraction of sp³-hybridized carbons (Fsp3) is 0.750. The Morgan fingerprint density at radius 1 is 1.06 bits per heavy atom. The number of aromatic nitrogens is 4. The van der Waals surface area contributed by atoms with E-state index in [0.717, 1.165) is 76.8 Å². The smallest absolute Gasteiger partial charge is 0.359 e. The van der Waals surface area contributed by atoms with Crippen LogP contribution in [-0.4, -0.2) is 79.9 Å². The van der Waals surface area contributed by atoms with E-state index in [-0.39, 0.29) is 22.6 Å². The zero-order valence-electron chi connectivity index (χ0n) is 20.1. The number of halogens is 3. The lowest BCUT2D eigenvalue weighted by Crippen LogP contribution is -2.70. The lowest BCUT2D eigenvalue weighted by atomic mass is 9.60. The Hall–Kier alpha value is -2.63. The molecule has 7 rings (SSSR count). The van der Waals surface area contributed by atoms with Gasteiger partial charge in [0, 0.05) is 49.0 Å². The molecule has 194 valence electrons. The van der Waals surface area contributed by atoms with Crippen LogP contribution in [0, 0.1) is 10.8 Å². The number of likely N-dealkylation sites (tertiary alicyclic amines) is 3. The summed E-state index contributed by atoms with van der Waals surface area (Å²) in [6.07, 6.45) is 3.82. The van der Waals surface area contributed by atoms with E-state index in [0.29, 0.717) is 18.5 Å². The standard InChI is InChI=1S/C24H30F3N7O2/c25-24(26,27)19-7-18(36-30-19)10-31-5-3-22(4-6-31)11-32(12-22)21(35)33-13-23(14-33)8-17(9-23)34-15-28-20(29-34)16-1-2-16/h7,15-17H,1-6,8-14H2. The van der Waals surface area contributed by atoms with Crippen molar-refractivity contribution in [2.24, 2.45) is 10.8 Å². The van der Waals surface area contributed by atoms with E-state index >= 15 is 0 Å². The molecule has 0 N–H and O–H groups in total. The summed E-state index contributed by atoms with van der Waals surface area (Å²) in [6.45, 7) is 5.10. The highest BCUT2D eigenvalue weighted by atomic mass is 19.4. The van der Waals surface area contributed by atoms with E-state index < -0.39 is 11.9 Å². The Kier molecular flexibility index (Phi) is 4.82. The molecule has 5 heterocycles. The van der Waals surface area contributed by atoms with Crippen molar-refractivity contribution in [2.45, 2.75) is 63.2 Å². The number of nitrogens with zero attached hydrogens (tertiary/aromatic N) is 7. The first-order valence-corrected chi connectivity index (χ1v) is 12.9. The Balaban J connectivity index is 0.843. The first kappa shape index (κ1) is 22.6. The highest BCUT2D eigenvalue weighted by molar-refractivity contribution is 5.76. The highest BCUT2D eigenvalue weighted by Gasteiger charge is 2.57. The molecule has 2 saturated carbocycles. The number of piperidine rings is 1. The largest absolute Gasteiger partial charge is 0.436 e. The molecule has 2 amide bonds. The number of amides is 2. The average Bonchev–Trinajstić information content (AvgIpc) is 3.29. The van der Waals surface area contributed by atoms with Crippen molar-refractivity contribution < 1.29 is 22.5 Å². The summed E-state index contributed by atoms with van der Waals surface area (Å²) in [4.78, 5) is 23.5. The van der Waals surface area contributed by atoms with Gasteiger partial charge in [-0.1, -0.05) is 5.16 Å². The van der Waals surface area contributed by atoms with Crippen molar-refractivity contribution in [1.29, 1.82) is 0 Å².